The van der Waals surface area contributed by atoms with E-state index >= 15 is 0 Å². The summed E-state index contributed by atoms with van der Waals surface area (Å²) in [5.74, 6) is 0.228. The maximum Gasteiger partial charge on any atom is 0.271 e. The Bertz CT molecular complexity index is 1440. The second-order valence-electron chi connectivity index (χ2n) is 12.2. The number of carbonyl (C=O) groups excluding carboxylic acids is 2. The van der Waals surface area contributed by atoms with Crippen molar-refractivity contribution in [1.82, 2.24) is 24.6 Å². The summed E-state index contributed by atoms with van der Waals surface area (Å²) < 4.78 is 7.51. The Balaban J connectivity index is 0.00000230. The molecule has 0 saturated carbocycles. The van der Waals surface area contributed by atoms with Crippen LogP contribution in [0.2, 0.25) is 10.0 Å². The summed E-state index contributed by atoms with van der Waals surface area (Å²) in [5, 5.41) is 5.74. The van der Waals surface area contributed by atoms with Gasteiger partial charge in [0.1, 0.15) is 12.2 Å². The molecule has 3 aromatic rings. The minimum atomic E-state index is -0.0460. The Labute approximate surface area is 288 Å². The number of morpholine rings is 1. The van der Waals surface area contributed by atoms with Crippen molar-refractivity contribution in [2.75, 3.05) is 59.5 Å². The molecule has 1 aromatic heterocycles. The van der Waals surface area contributed by atoms with E-state index < -0.39 is 0 Å². The van der Waals surface area contributed by atoms with Gasteiger partial charge in [-0.2, -0.15) is 0 Å². The highest BCUT2D eigenvalue weighted by atomic mass is 35.5. The summed E-state index contributed by atoms with van der Waals surface area (Å²) in [5.41, 5.74) is 3.58. The van der Waals surface area contributed by atoms with Gasteiger partial charge in [0, 0.05) is 52.2 Å². The molecular formula is C33H43Cl4N5O3. The van der Waals surface area contributed by atoms with Crippen molar-refractivity contribution in [1.29, 1.82) is 0 Å². The number of ether oxygens (including phenoxy) is 1. The second kappa shape index (κ2) is 16.2. The smallest absolute Gasteiger partial charge is 0.271 e. The van der Waals surface area contributed by atoms with Crippen molar-refractivity contribution in [3.63, 3.8) is 0 Å². The molecule has 2 aromatic carbocycles. The Morgan fingerprint density at radius 2 is 1.51 bits per heavy atom. The molecule has 8 nitrogen and oxygen atoms in total. The summed E-state index contributed by atoms with van der Waals surface area (Å²) in [4.78, 5) is 34.3. The van der Waals surface area contributed by atoms with Crippen LogP contribution in [0.5, 0.6) is 0 Å². The number of amides is 2. The van der Waals surface area contributed by atoms with E-state index in [1.165, 1.54) is 0 Å². The molecule has 0 radical (unpaired) electrons. The number of hydrogen-bond donors (Lipinski definition) is 1. The molecule has 0 spiro atoms. The predicted molar refractivity (Wildman–Crippen MR) is 186 cm³/mol. The van der Waals surface area contributed by atoms with E-state index in [1.807, 2.05) is 45.9 Å². The van der Waals surface area contributed by atoms with Gasteiger partial charge in [0.15, 0.2) is 0 Å². The molecule has 3 fully saturated rings. The maximum atomic E-state index is 14.2. The van der Waals surface area contributed by atoms with Crippen LogP contribution >= 0.6 is 48.0 Å². The van der Waals surface area contributed by atoms with E-state index in [1.54, 1.807) is 0 Å². The third-order valence-electron chi connectivity index (χ3n) is 9.34. The molecule has 246 valence electrons. The average Bonchev–Trinajstić information content (AvgIpc) is 3.31. The van der Waals surface area contributed by atoms with Crippen LogP contribution in [0.15, 0.2) is 42.5 Å². The fourth-order valence-corrected chi connectivity index (χ4v) is 7.64. The maximum absolute atomic E-state index is 14.2. The van der Waals surface area contributed by atoms with Gasteiger partial charge in [-0.25, -0.2) is 0 Å². The molecule has 6 rings (SSSR count). The van der Waals surface area contributed by atoms with Crippen molar-refractivity contribution in [3.05, 3.63) is 69.3 Å². The summed E-state index contributed by atoms with van der Waals surface area (Å²) in [6.07, 6.45) is 3.76. The van der Waals surface area contributed by atoms with Crippen LogP contribution in [-0.2, 0) is 22.6 Å². The van der Waals surface area contributed by atoms with E-state index in [9.17, 15) is 9.59 Å². The molecule has 3 saturated heterocycles. The Morgan fingerprint density at radius 1 is 0.867 bits per heavy atom. The number of nitrogens with zero attached hydrogens (tertiary/aromatic N) is 4. The molecule has 2 amide bonds. The van der Waals surface area contributed by atoms with Crippen molar-refractivity contribution in [2.45, 2.75) is 50.7 Å². The average molecular weight is 700 g/mol. The zero-order valence-electron chi connectivity index (χ0n) is 25.7. The Kier molecular flexibility index (Phi) is 12.9. The van der Waals surface area contributed by atoms with Crippen molar-refractivity contribution >= 4 is 70.7 Å². The standard InChI is InChI=1S/C33H41Cl2N5O3.2ClH/c1-37-13-11-24(12-14-37)36-30(41)22-40-29-8-3-2-5-25(29)26(32(40)33(42)39-17-19-43-20-18-39)21-38-15-9-23(10-16-38)31-27(34)6-4-7-28(31)35;;/h2-8,23-24H,9-22H2,1H3,(H,36,41);2*1H. The van der Waals surface area contributed by atoms with Crippen LogP contribution < -0.4 is 5.32 Å². The molecule has 3 aliphatic heterocycles. The zero-order valence-corrected chi connectivity index (χ0v) is 28.8. The minimum Gasteiger partial charge on any atom is -0.378 e. The lowest BCUT2D eigenvalue weighted by molar-refractivity contribution is -0.122. The van der Waals surface area contributed by atoms with Crippen molar-refractivity contribution < 1.29 is 14.3 Å². The summed E-state index contributed by atoms with van der Waals surface area (Å²) in [7, 11) is 2.11. The second-order valence-corrected chi connectivity index (χ2v) is 13.0. The number of hydrogen-bond acceptors (Lipinski definition) is 5. The number of benzene rings is 2. The quantitative estimate of drug-likeness (QED) is 0.335. The largest absolute Gasteiger partial charge is 0.378 e. The number of aromatic nitrogens is 1. The highest BCUT2D eigenvalue weighted by molar-refractivity contribution is 6.36. The first-order valence-corrected chi connectivity index (χ1v) is 16.3. The topological polar surface area (TPSA) is 70.0 Å². The first-order valence-electron chi connectivity index (χ1n) is 15.5. The lowest BCUT2D eigenvalue weighted by Crippen LogP contribution is -2.45. The number of nitrogens with one attached hydrogen (secondary N) is 1. The van der Waals surface area contributed by atoms with Gasteiger partial charge in [0.2, 0.25) is 5.91 Å². The molecule has 12 heteroatoms. The fraction of sp³-hybridized carbons (Fsp3) is 0.515. The first kappa shape index (κ1) is 35.8. The van der Waals surface area contributed by atoms with Crippen molar-refractivity contribution in [3.8, 4) is 0 Å². The van der Waals surface area contributed by atoms with Gasteiger partial charge < -0.3 is 24.4 Å². The van der Waals surface area contributed by atoms with E-state index in [-0.39, 0.29) is 49.2 Å². The lowest BCUT2D eigenvalue weighted by Gasteiger charge is -2.33. The molecule has 4 heterocycles. The first-order chi connectivity index (χ1) is 20.9. The molecule has 3 aliphatic rings. The number of likely N-dealkylation sites (tertiary alicyclic amines) is 2. The summed E-state index contributed by atoms with van der Waals surface area (Å²) in [6.45, 7) is 6.58. The molecule has 45 heavy (non-hydrogen) atoms. The zero-order chi connectivity index (χ0) is 29.9. The van der Waals surface area contributed by atoms with Gasteiger partial charge in [-0.05, 0) is 88.6 Å². The van der Waals surface area contributed by atoms with Crippen LogP contribution in [0, 0.1) is 0 Å². The van der Waals surface area contributed by atoms with E-state index in [0.717, 1.165) is 83.9 Å². The number of para-hydroxylation sites is 1. The predicted octanol–water partition coefficient (Wildman–Crippen LogP) is 5.85. The molecule has 0 unspecified atom stereocenters. The summed E-state index contributed by atoms with van der Waals surface area (Å²) in [6, 6.07) is 14.0. The molecule has 0 aliphatic carbocycles. The SMILES string of the molecule is CN1CCC(NC(=O)Cn2c(C(=O)N3CCOCC3)c(CN3CCC(c4c(Cl)cccc4Cl)CC3)c3ccccc32)CC1.Cl.Cl. The Morgan fingerprint density at radius 3 is 2.18 bits per heavy atom. The van der Waals surface area contributed by atoms with Crippen molar-refractivity contribution in [2.24, 2.45) is 0 Å². The molecule has 0 bridgehead atoms. The van der Waals surface area contributed by atoms with Crippen LogP contribution in [0.1, 0.15) is 53.2 Å². The fourth-order valence-electron chi connectivity index (χ4n) is 6.93. The summed E-state index contributed by atoms with van der Waals surface area (Å²) >= 11 is 13.1. The van der Waals surface area contributed by atoms with E-state index in [2.05, 4.69) is 28.2 Å². The van der Waals surface area contributed by atoms with Gasteiger partial charge in [-0.3, -0.25) is 14.5 Å². The minimum absolute atomic E-state index is 0. The monoisotopic (exact) mass is 697 g/mol. The van der Waals surface area contributed by atoms with Gasteiger partial charge in [-0.15, -0.1) is 24.8 Å². The number of halogens is 4. The van der Waals surface area contributed by atoms with E-state index in [0.29, 0.717) is 44.5 Å². The Hall–Kier alpha value is -2.04. The molecule has 1 N–H and O–H groups in total. The number of fused-ring (bicyclic) bond motifs is 1. The lowest BCUT2D eigenvalue weighted by atomic mass is 9.89. The highest BCUT2D eigenvalue weighted by Gasteiger charge is 2.31. The van der Waals surface area contributed by atoms with Crippen LogP contribution in [0.3, 0.4) is 0 Å². The van der Waals surface area contributed by atoms with Crippen LogP contribution in [0.4, 0.5) is 0 Å². The normalized spacial score (nSPS) is 18.8. The van der Waals surface area contributed by atoms with Crippen LogP contribution in [-0.4, -0.2) is 96.7 Å². The third kappa shape index (κ3) is 8.10. The molecule has 0 atom stereocenters. The van der Waals surface area contributed by atoms with Gasteiger partial charge >= 0.3 is 0 Å². The third-order valence-corrected chi connectivity index (χ3v) is 10.00. The number of carbonyl (C=O) groups is 2. The highest BCUT2D eigenvalue weighted by Crippen LogP contribution is 2.38. The van der Waals surface area contributed by atoms with Gasteiger partial charge in [0.25, 0.3) is 5.91 Å². The van der Waals surface area contributed by atoms with Gasteiger partial charge in [0.05, 0.1) is 13.2 Å². The number of piperidine rings is 2. The van der Waals surface area contributed by atoms with E-state index in [4.69, 9.17) is 27.9 Å². The molecular weight excluding hydrogens is 656 g/mol. The van der Waals surface area contributed by atoms with Crippen LogP contribution in [0.25, 0.3) is 10.9 Å². The number of rotatable bonds is 7. The van der Waals surface area contributed by atoms with Gasteiger partial charge in [-0.1, -0.05) is 47.5 Å².